The quantitative estimate of drug-likeness (QED) is 0.673. The third-order valence-electron chi connectivity index (χ3n) is 4.02. The maximum absolute atomic E-state index is 12.6. The van der Waals surface area contributed by atoms with Crippen LogP contribution < -0.4 is 5.32 Å². The van der Waals surface area contributed by atoms with Crippen LogP contribution in [0.3, 0.4) is 0 Å². The molecule has 7 nitrogen and oxygen atoms in total. The lowest BCUT2D eigenvalue weighted by atomic mass is 10.2. The van der Waals surface area contributed by atoms with Gasteiger partial charge in [0.15, 0.2) is 9.84 Å². The van der Waals surface area contributed by atoms with Crippen molar-refractivity contribution in [3.05, 3.63) is 28.2 Å². The van der Waals surface area contributed by atoms with Crippen LogP contribution in [0.25, 0.3) is 0 Å². The third kappa shape index (κ3) is 5.02. The first-order valence-corrected chi connectivity index (χ1v) is 12.0. The van der Waals surface area contributed by atoms with Gasteiger partial charge in [-0.1, -0.05) is 6.92 Å². The topological polar surface area (TPSA) is 101 Å². The van der Waals surface area contributed by atoms with Gasteiger partial charge < -0.3 is 5.32 Å². The fraction of sp³-hybridized carbons (Fsp3) is 0.533. The fourth-order valence-electron chi connectivity index (χ4n) is 2.48. The molecular weight excluding hydrogens is 432 g/mol. The zero-order chi connectivity index (χ0) is 18.7. The highest BCUT2D eigenvalue weighted by Crippen LogP contribution is 2.25. The lowest BCUT2D eigenvalue weighted by Gasteiger charge is -2.16. The number of hydrogen-bond donors (Lipinski definition) is 1. The molecule has 25 heavy (non-hydrogen) atoms. The summed E-state index contributed by atoms with van der Waals surface area (Å²) < 4.78 is 50.0. The number of carbonyl (C=O) groups excluding carboxylic acids is 1. The van der Waals surface area contributed by atoms with Gasteiger partial charge in [0.05, 0.1) is 16.2 Å². The molecule has 1 fully saturated rings. The summed E-state index contributed by atoms with van der Waals surface area (Å²) in [5, 5.41) is 2.52. The van der Waals surface area contributed by atoms with Crippen LogP contribution in [0.15, 0.2) is 27.6 Å². The minimum atomic E-state index is -3.62. The number of hydrogen-bond acceptors (Lipinski definition) is 5. The molecule has 0 spiro atoms. The largest absolute Gasteiger partial charge is 0.351 e. The Labute approximate surface area is 156 Å². The Kier molecular flexibility index (Phi) is 6.63. The SMILES string of the molecule is CCS(=O)(=O)CCNC(=O)c1cc(S(=O)(=O)N2CCCC2)ccc1Br. The van der Waals surface area contributed by atoms with Gasteiger partial charge in [-0.2, -0.15) is 4.31 Å². The van der Waals surface area contributed by atoms with Crippen LogP contribution in [0.2, 0.25) is 0 Å². The second-order valence-corrected chi connectivity index (χ2v) is 11.0. The van der Waals surface area contributed by atoms with E-state index in [9.17, 15) is 21.6 Å². The number of benzene rings is 1. The predicted molar refractivity (Wildman–Crippen MR) is 98.8 cm³/mol. The summed E-state index contributed by atoms with van der Waals surface area (Å²) in [6.45, 7) is 2.48. The Morgan fingerprint density at radius 3 is 2.44 bits per heavy atom. The predicted octanol–water partition coefficient (Wildman–Crippen LogP) is 1.40. The number of sulfonamides is 1. The van der Waals surface area contributed by atoms with Crippen molar-refractivity contribution in [3.63, 3.8) is 0 Å². The van der Waals surface area contributed by atoms with Crippen molar-refractivity contribution in [2.45, 2.75) is 24.7 Å². The third-order valence-corrected chi connectivity index (χ3v) is 8.32. The van der Waals surface area contributed by atoms with Gasteiger partial charge in [-0.25, -0.2) is 16.8 Å². The van der Waals surface area contributed by atoms with Gasteiger partial charge in [-0.3, -0.25) is 4.79 Å². The maximum Gasteiger partial charge on any atom is 0.252 e. The molecule has 0 unspecified atom stereocenters. The molecule has 1 saturated heterocycles. The molecule has 2 rings (SSSR count). The van der Waals surface area contributed by atoms with E-state index >= 15 is 0 Å². The standard InChI is InChI=1S/C15H21BrN2O5S2/c1-2-24(20,21)10-7-17-15(19)13-11-12(5-6-14(13)16)25(22,23)18-8-3-4-9-18/h5-6,11H,2-4,7-10H2,1H3,(H,17,19). The molecule has 140 valence electrons. The van der Waals surface area contributed by atoms with E-state index in [1.807, 2.05) is 0 Å². The fourth-order valence-corrected chi connectivity index (χ4v) is 5.15. The van der Waals surface area contributed by atoms with Crippen LogP contribution in [-0.2, 0) is 19.9 Å². The van der Waals surface area contributed by atoms with Crippen LogP contribution in [0.4, 0.5) is 0 Å². The van der Waals surface area contributed by atoms with E-state index in [4.69, 9.17) is 0 Å². The number of nitrogens with zero attached hydrogens (tertiary/aromatic N) is 1. The number of nitrogens with one attached hydrogen (secondary N) is 1. The highest BCUT2D eigenvalue weighted by molar-refractivity contribution is 9.10. The molecule has 10 heteroatoms. The van der Waals surface area contributed by atoms with E-state index in [0.717, 1.165) is 12.8 Å². The average molecular weight is 453 g/mol. The van der Waals surface area contributed by atoms with Crippen molar-refractivity contribution in [2.75, 3.05) is 31.1 Å². The van der Waals surface area contributed by atoms with Crippen LogP contribution in [0.1, 0.15) is 30.1 Å². The number of carbonyl (C=O) groups is 1. The van der Waals surface area contributed by atoms with Gasteiger partial charge in [0.2, 0.25) is 10.0 Å². The second-order valence-electron chi connectivity index (χ2n) is 5.75. The number of sulfone groups is 1. The van der Waals surface area contributed by atoms with Crippen molar-refractivity contribution in [1.29, 1.82) is 0 Å². The average Bonchev–Trinajstić information content (AvgIpc) is 3.10. The molecule has 1 aliphatic rings. The Bertz CT molecular complexity index is 847. The summed E-state index contributed by atoms with van der Waals surface area (Å²) in [5.41, 5.74) is 0.161. The Hall–Kier alpha value is -0.970. The molecule has 0 atom stereocenters. The van der Waals surface area contributed by atoms with Crippen LogP contribution in [0.5, 0.6) is 0 Å². The lowest BCUT2D eigenvalue weighted by molar-refractivity contribution is 0.0955. The summed E-state index contributed by atoms with van der Waals surface area (Å²) >= 11 is 3.24. The van der Waals surface area contributed by atoms with E-state index in [1.54, 1.807) is 6.92 Å². The van der Waals surface area contributed by atoms with Crippen molar-refractivity contribution >= 4 is 41.7 Å². The molecular formula is C15H21BrN2O5S2. The summed E-state index contributed by atoms with van der Waals surface area (Å²) in [4.78, 5) is 12.4. The second kappa shape index (κ2) is 8.15. The zero-order valence-corrected chi connectivity index (χ0v) is 17.1. The summed E-state index contributed by atoms with van der Waals surface area (Å²) in [6, 6.07) is 4.29. The molecule has 0 saturated carbocycles. The first kappa shape index (κ1) is 20.3. The number of rotatable bonds is 7. The minimum Gasteiger partial charge on any atom is -0.351 e. The van der Waals surface area contributed by atoms with Gasteiger partial charge >= 0.3 is 0 Å². The summed E-state index contributed by atoms with van der Waals surface area (Å²) in [5.74, 6) is -0.661. The van der Waals surface area contributed by atoms with Crippen molar-refractivity contribution in [2.24, 2.45) is 0 Å². The molecule has 1 aromatic carbocycles. The van der Waals surface area contributed by atoms with E-state index in [0.29, 0.717) is 17.6 Å². The van der Waals surface area contributed by atoms with Crippen molar-refractivity contribution < 1.29 is 21.6 Å². The Morgan fingerprint density at radius 2 is 1.84 bits per heavy atom. The molecule has 1 N–H and O–H groups in total. The zero-order valence-electron chi connectivity index (χ0n) is 13.9. The van der Waals surface area contributed by atoms with Crippen molar-refractivity contribution in [3.8, 4) is 0 Å². The maximum atomic E-state index is 12.6. The number of halogens is 1. The van der Waals surface area contributed by atoms with Gasteiger partial charge in [0.1, 0.15) is 0 Å². The smallest absolute Gasteiger partial charge is 0.252 e. The summed E-state index contributed by atoms with van der Waals surface area (Å²) in [7, 11) is -6.80. The normalized spacial score (nSPS) is 16.1. The van der Waals surface area contributed by atoms with E-state index < -0.39 is 25.8 Å². The van der Waals surface area contributed by atoms with E-state index in [2.05, 4.69) is 21.2 Å². The molecule has 1 heterocycles. The van der Waals surface area contributed by atoms with Crippen LogP contribution >= 0.6 is 15.9 Å². The Morgan fingerprint density at radius 1 is 1.20 bits per heavy atom. The molecule has 0 aliphatic carbocycles. The van der Waals surface area contributed by atoms with Gasteiger partial charge in [0, 0.05) is 29.9 Å². The molecule has 1 amide bonds. The molecule has 0 aromatic heterocycles. The van der Waals surface area contributed by atoms with Gasteiger partial charge in [-0.05, 0) is 47.0 Å². The van der Waals surface area contributed by atoms with E-state index in [-0.39, 0.29) is 28.5 Å². The van der Waals surface area contributed by atoms with Crippen LogP contribution in [0, 0.1) is 0 Å². The van der Waals surface area contributed by atoms with Gasteiger partial charge in [-0.15, -0.1) is 0 Å². The van der Waals surface area contributed by atoms with Crippen LogP contribution in [-0.4, -0.2) is 58.2 Å². The molecule has 0 bridgehead atoms. The molecule has 0 radical (unpaired) electrons. The minimum absolute atomic E-state index is 0.0100. The summed E-state index contributed by atoms with van der Waals surface area (Å²) in [6.07, 6.45) is 1.66. The highest BCUT2D eigenvalue weighted by atomic mass is 79.9. The first-order chi connectivity index (χ1) is 11.7. The molecule has 1 aromatic rings. The first-order valence-electron chi connectivity index (χ1n) is 7.95. The van der Waals surface area contributed by atoms with Crippen molar-refractivity contribution in [1.82, 2.24) is 9.62 Å². The number of amides is 1. The Balaban J connectivity index is 2.17. The lowest BCUT2D eigenvalue weighted by Crippen LogP contribution is -2.31. The monoisotopic (exact) mass is 452 g/mol. The van der Waals surface area contributed by atoms with E-state index in [1.165, 1.54) is 22.5 Å². The highest BCUT2D eigenvalue weighted by Gasteiger charge is 2.28. The molecule has 1 aliphatic heterocycles. The van der Waals surface area contributed by atoms with Gasteiger partial charge in [0.25, 0.3) is 5.91 Å².